The highest BCUT2D eigenvalue weighted by atomic mass is 16.3. The summed E-state index contributed by atoms with van der Waals surface area (Å²) in [5.41, 5.74) is -0.711. The third-order valence-corrected chi connectivity index (χ3v) is 1.56. The van der Waals surface area contributed by atoms with E-state index in [2.05, 4.69) is 5.32 Å². The summed E-state index contributed by atoms with van der Waals surface area (Å²) < 4.78 is 0. The first kappa shape index (κ1) is 6.99. The summed E-state index contributed by atoms with van der Waals surface area (Å²) in [5, 5.41) is 21.3. The van der Waals surface area contributed by atoms with Gasteiger partial charge in [-0.1, -0.05) is 0 Å². The van der Waals surface area contributed by atoms with Crippen molar-refractivity contribution in [1.29, 1.82) is 0 Å². The van der Waals surface area contributed by atoms with Gasteiger partial charge in [0.1, 0.15) is 0 Å². The van der Waals surface area contributed by atoms with Gasteiger partial charge in [0.15, 0.2) is 0 Å². The zero-order chi connectivity index (χ0) is 6.91. The molecule has 0 radical (unpaired) electrons. The van der Waals surface area contributed by atoms with Crippen molar-refractivity contribution in [2.24, 2.45) is 0 Å². The molecule has 9 heavy (non-hydrogen) atoms. The van der Waals surface area contributed by atoms with Crippen LogP contribution in [0, 0.1) is 0 Å². The summed E-state index contributed by atoms with van der Waals surface area (Å²) in [6.07, 6.45) is 0.105. The Labute approximate surface area is 54.7 Å². The lowest BCUT2D eigenvalue weighted by atomic mass is 9.95. The molecule has 1 aliphatic rings. The van der Waals surface area contributed by atoms with E-state index in [9.17, 15) is 5.11 Å². The van der Waals surface area contributed by atoms with E-state index < -0.39 is 5.60 Å². The van der Waals surface area contributed by atoms with Gasteiger partial charge in [0, 0.05) is 19.5 Å². The fourth-order valence-corrected chi connectivity index (χ4v) is 1.16. The van der Waals surface area contributed by atoms with Crippen molar-refractivity contribution in [2.45, 2.75) is 25.0 Å². The predicted octanol–water partition coefficient (Wildman–Crippen LogP) is -0.908. The highest BCUT2D eigenvalue weighted by Gasteiger charge is 2.27. The molecule has 2 atom stereocenters. The van der Waals surface area contributed by atoms with Crippen molar-refractivity contribution in [3.05, 3.63) is 0 Å². The van der Waals surface area contributed by atoms with Gasteiger partial charge in [0.05, 0.1) is 11.7 Å². The van der Waals surface area contributed by atoms with Gasteiger partial charge >= 0.3 is 0 Å². The lowest BCUT2D eigenvalue weighted by molar-refractivity contribution is -0.0188. The van der Waals surface area contributed by atoms with E-state index in [-0.39, 0.29) is 6.10 Å². The van der Waals surface area contributed by atoms with Crippen molar-refractivity contribution in [3.8, 4) is 0 Å². The van der Waals surface area contributed by atoms with E-state index in [4.69, 9.17) is 5.11 Å². The maximum absolute atomic E-state index is 9.32. The standard InChI is InChI=1S/C6H13NO2/c1-6(9)2-5(8)3-7-4-6/h5,7-9H,2-4H2,1H3/t5-,6+/m0/s1. The van der Waals surface area contributed by atoms with E-state index >= 15 is 0 Å². The van der Waals surface area contributed by atoms with Crippen LogP contribution in [-0.4, -0.2) is 35.0 Å². The molecular formula is C6H13NO2. The Morgan fingerprint density at radius 2 is 2.33 bits per heavy atom. The Bertz CT molecular complexity index is 103. The monoisotopic (exact) mass is 131 g/mol. The first-order chi connectivity index (χ1) is 4.10. The van der Waals surface area contributed by atoms with E-state index in [0.29, 0.717) is 19.5 Å². The Morgan fingerprint density at radius 1 is 1.67 bits per heavy atom. The average Bonchev–Trinajstić information content (AvgIpc) is 1.60. The number of nitrogens with one attached hydrogen (secondary N) is 1. The smallest absolute Gasteiger partial charge is 0.0768 e. The van der Waals surface area contributed by atoms with Crippen molar-refractivity contribution in [2.75, 3.05) is 13.1 Å². The molecule has 0 unspecified atom stereocenters. The van der Waals surface area contributed by atoms with Crippen LogP contribution in [0.3, 0.4) is 0 Å². The second kappa shape index (κ2) is 2.25. The number of piperidine rings is 1. The Kier molecular flexibility index (Phi) is 1.75. The first-order valence-electron chi connectivity index (χ1n) is 3.21. The highest BCUT2D eigenvalue weighted by Crippen LogP contribution is 2.14. The van der Waals surface area contributed by atoms with Crippen molar-refractivity contribution >= 4 is 0 Å². The van der Waals surface area contributed by atoms with Crippen LogP contribution < -0.4 is 5.32 Å². The van der Waals surface area contributed by atoms with E-state index in [0.717, 1.165) is 0 Å². The van der Waals surface area contributed by atoms with Crippen LogP contribution in [-0.2, 0) is 0 Å². The molecule has 0 aromatic rings. The van der Waals surface area contributed by atoms with Gasteiger partial charge in [-0.05, 0) is 6.92 Å². The maximum atomic E-state index is 9.32. The number of β-amino-alcohol motifs (C(OH)–C–C–N with tert-alkyl or cyclic N) is 2. The minimum Gasteiger partial charge on any atom is -0.392 e. The van der Waals surface area contributed by atoms with Gasteiger partial charge in [-0.25, -0.2) is 0 Å². The van der Waals surface area contributed by atoms with Gasteiger partial charge in [0.2, 0.25) is 0 Å². The molecule has 0 saturated carbocycles. The molecule has 3 heteroatoms. The number of hydrogen-bond acceptors (Lipinski definition) is 3. The molecule has 1 fully saturated rings. The minimum absolute atomic E-state index is 0.381. The number of aliphatic hydroxyl groups is 2. The maximum Gasteiger partial charge on any atom is 0.0768 e. The van der Waals surface area contributed by atoms with Crippen LogP contribution in [0.2, 0.25) is 0 Å². The Morgan fingerprint density at radius 3 is 2.67 bits per heavy atom. The fraction of sp³-hybridized carbons (Fsp3) is 1.00. The van der Waals surface area contributed by atoms with Crippen molar-refractivity contribution < 1.29 is 10.2 Å². The molecule has 3 nitrogen and oxygen atoms in total. The van der Waals surface area contributed by atoms with Crippen LogP contribution in [0.4, 0.5) is 0 Å². The normalized spacial score (nSPS) is 45.0. The van der Waals surface area contributed by atoms with Crippen LogP contribution >= 0.6 is 0 Å². The SMILES string of the molecule is C[C@]1(O)CNC[C@@H](O)C1. The molecule has 0 bridgehead atoms. The molecule has 3 N–H and O–H groups in total. The molecule has 0 aromatic carbocycles. The van der Waals surface area contributed by atoms with E-state index in [1.54, 1.807) is 6.92 Å². The van der Waals surface area contributed by atoms with Gasteiger partial charge < -0.3 is 15.5 Å². The van der Waals surface area contributed by atoms with Gasteiger partial charge in [0.25, 0.3) is 0 Å². The number of rotatable bonds is 0. The highest BCUT2D eigenvalue weighted by molar-refractivity contribution is 4.84. The van der Waals surface area contributed by atoms with Crippen LogP contribution in [0.25, 0.3) is 0 Å². The zero-order valence-corrected chi connectivity index (χ0v) is 5.59. The van der Waals surface area contributed by atoms with Gasteiger partial charge in [-0.3, -0.25) is 0 Å². The van der Waals surface area contributed by atoms with E-state index in [1.807, 2.05) is 0 Å². The molecule has 1 rings (SSSR count). The lowest BCUT2D eigenvalue weighted by Gasteiger charge is -2.31. The third kappa shape index (κ3) is 1.93. The van der Waals surface area contributed by atoms with Gasteiger partial charge in [-0.2, -0.15) is 0 Å². The number of aliphatic hydroxyl groups excluding tert-OH is 1. The van der Waals surface area contributed by atoms with Crippen LogP contribution in [0.1, 0.15) is 13.3 Å². The summed E-state index contributed by atoms with van der Waals surface area (Å²) in [4.78, 5) is 0. The summed E-state index contributed by atoms with van der Waals surface area (Å²) in [5.74, 6) is 0. The largest absolute Gasteiger partial charge is 0.392 e. The first-order valence-corrected chi connectivity index (χ1v) is 3.21. The van der Waals surface area contributed by atoms with Crippen molar-refractivity contribution in [1.82, 2.24) is 5.32 Å². The lowest BCUT2D eigenvalue weighted by Crippen LogP contribution is -2.49. The van der Waals surface area contributed by atoms with Crippen LogP contribution in [0.15, 0.2) is 0 Å². The quantitative estimate of drug-likeness (QED) is 0.399. The molecule has 0 amide bonds. The molecule has 54 valence electrons. The number of hydrogen-bond donors (Lipinski definition) is 3. The predicted molar refractivity (Wildman–Crippen MR) is 34.1 cm³/mol. The van der Waals surface area contributed by atoms with Crippen molar-refractivity contribution in [3.63, 3.8) is 0 Å². The minimum atomic E-state index is -0.711. The van der Waals surface area contributed by atoms with Crippen LogP contribution in [0.5, 0.6) is 0 Å². The summed E-state index contributed by atoms with van der Waals surface area (Å²) in [7, 11) is 0. The second-order valence-corrected chi connectivity index (χ2v) is 2.99. The molecule has 1 aliphatic heterocycles. The topological polar surface area (TPSA) is 52.5 Å². The molecule has 1 heterocycles. The molecule has 0 aliphatic carbocycles. The molecular weight excluding hydrogens is 118 g/mol. The second-order valence-electron chi connectivity index (χ2n) is 2.99. The Hall–Kier alpha value is -0.120. The molecule has 0 aromatic heterocycles. The summed E-state index contributed by atoms with van der Waals surface area (Å²) in [6, 6.07) is 0. The summed E-state index contributed by atoms with van der Waals surface area (Å²) >= 11 is 0. The fourth-order valence-electron chi connectivity index (χ4n) is 1.16. The molecule has 0 spiro atoms. The molecule has 1 saturated heterocycles. The van der Waals surface area contributed by atoms with E-state index in [1.165, 1.54) is 0 Å². The van der Waals surface area contributed by atoms with Gasteiger partial charge in [-0.15, -0.1) is 0 Å². The average molecular weight is 131 g/mol. The zero-order valence-electron chi connectivity index (χ0n) is 5.59. The Balaban J connectivity index is 2.41. The third-order valence-electron chi connectivity index (χ3n) is 1.56. The summed E-state index contributed by atoms with van der Waals surface area (Å²) in [6.45, 7) is 2.92.